The van der Waals surface area contributed by atoms with Gasteiger partial charge in [-0.15, -0.1) is 0 Å². The fraction of sp³-hybridized carbons (Fsp3) is 0.222. The molecule has 1 aromatic carbocycles. The molecule has 3 rings (SSSR count). The van der Waals surface area contributed by atoms with Crippen molar-refractivity contribution in [3.05, 3.63) is 65.0 Å². The van der Waals surface area contributed by atoms with Gasteiger partial charge in [0.05, 0.1) is 24.8 Å². The van der Waals surface area contributed by atoms with Crippen molar-refractivity contribution >= 4 is 5.91 Å². The van der Waals surface area contributed by atoms with Crippen LogP contribution in [-0.4, -0.2) is 33.8 Å². The van der Waals surface area contributed by atoms with Crippen molar-refractivity contribution in [1.82, 2.24) is 20.0 Å². The van der Waals surface area contributed by atoms with E-state index < -0.39 is 0 Å². The molecule has 0 saturated carbocycles. The van der Waals surface area contributed by atoms with E-state index in [0.717, 1.165) is 11.3 Å². The number of nitrogens with zero attached hydrogens (tertiary/aromatic N) is 3. The molecule has 2 aromatic heterocycles. The number of hydrogen-bond acceptors (Lipinski definition) is 6. The molecule has 0 fully saturated rings. The van der Waals surface area contributed by atoms with Crippen molar-refractivity contribution < 1.29 is 14.1 Å². The topological polar surface area (TPSA) is 99.2 Å². The standard InChI is InChI=1S/C18H18N4O4/c1-2-25-14-5-3-13(4-6-14)15-11-17(23)22(12-20-15)10-9-19-18(24)16-7-8-21-26-16/h3-8,11-12H,2,9-10H2,1H3,(H,19,24). The zero-order chi connectivity index (χ0) is 18.4. The third-order valence-electron chi connectivity index (χ3n) is 3.64. The van der Waals surface area contributed by atoms with Crippen LogP contribution in [-0.2, 0) is 6.54 Å². The molecule has 8 nitrogen and oxygen atoms in total. The molecule has 0 aliphatic heterocycles. The Kier molecular flexibility index (Phi) is 5.43. The molecule has 0 unspecified atom stereocenters. The molecule has 8 heteroatoms. The molecule has 134 valence electrons. The minimum atomic E-state index is -0.380. The smallest absolute Gasteiger partial charge is 0.289 e. The monoisotopic (exact) mass is 354 g/mol. The molecule has 0 radical (unpaired) electrons. The van der Waals surface area contributed by atoms with Crippen LogP contribution in [0.1, 0.15) is 17.5 Å². The van der Waals surface area contributed by atoms with Gasteiger partial charge < -0.3 is 14.6 Å². The summed E-state index contributed by atoms with van der Waals surface area (Å²) >= 11 is 0. The van der Waals surface area contributed by atoms with E-state index >= 15 is 0 Å². The van der Waals surface area contributed by atoms with Crippen LogP contribution in [0.5, 0.6) is 5.75 Å². The summed E-state index contributed by atoms with van der Waals surface area (Å²) in [6.45, 7) is 3.09. The van der Waals surface area contributed by atoms with Crippen LogP contribution in [0.15, 0.2) is 58.2 Å². The lowest BCUT2D eigenvalue weighted by molar-refractivity contribution is 0.0915. The second-order valence-electron chi connectivity index (χ2n) is 5.40. The van der Waals surface area contributed by atoms with Crippen molar-refractivity contribution in [2.45, 2.75) is 13.5 Å². The summed E-state index contributed by atoms with van der Waals surface area (Å²) in [5.41, 5.74) is 1.22. The summed E-state index contributed by atoms with van der Waals surface area (Å²) in [6, 6.07) is 10.3. The van der Waals surface area contributed by atoms with Crippen LogP contribution in [0.3, 0.4) is 0 Å². The number of benzene rings is 1. The van der Waals surface area contributed by atoms with E-state index in [2.05, 4.69) is 15.5 Å². The van der Waals surface area contributed by atoms with Crippen LogP contribution in [0.25, 0.3) is 11.3 Å². The Morgan fingerprint density at radius 1 is 1.27 bits per heavy atom. The molecule has 1 N–H and O–H groups in total. The summed E-state index contributed by atoms with van der Waals surface area (Å²) in [6.07, 6.45) is 2.86. The van der Waals surface area contributed by atoms with Crippen molar-refractivity contribution in [2.24, 2.45) is 0 Å². The zero-order valence-electron chi connectivity index (χ0n) is 14.2. The van der Waals surface area contributed by atoms with E-state index in [9.17, 15) is 9.59 Å². The second-order valence-corrected chi connectivity index (χ2v) is 5.40. The number of hydrogen-bond donors (Lipinski definition) is 1. The maximum Gasteiger partial charge on any atom is 0.289 e. The SMILES string of the molecule is CCOc1ccc(-c2cc(=O)n(CCNC(=O)c3ccno3)cn2)cc1. The molecule has 0 spiro atoms. The minimum Gasteiger partial charge on any atom is -0.494 e. The molecular formula is C18H18N4O4. The fourth-order valence-corrected chi connectivity index (χ4v) is 2.35. The molecule has 26 heavy (non-hydrogen) atoms. The first-order chi connectivity index (χ1) is 12.7. The normalized spacial score (nSPS) is 10.5. The lowest BCUT2D eigenvalue weighted by Crippen LogP contribution is -2.30. The lowest BCUT2D eigenvalue weighted by Gasteiger charge is -2.08. The maximum atomic E-state index is 12.2. The van der Waals surface area contributed by atoms with E-state index in [1.54, 1.807) is 0 Å². The van der Waals surface area contributed by atoms with Crippen molar-refractivity contribution in [3.8, 4) is 17.0 Å². The Morgan fingerprint density at radius 2 is 2.08 bits per heavy atom. The van der Waals surface area contributed by atoms with Gasteiger partial charge >= 0.3 is 0 Å². The highest BCUT2D eigenvalue weighted by Crippen LogP contribution is 2.19. The first-order valence-electron chi connectivity index (χ1n) is 8.16. The van der Waals surface area contributed by atoms with E-state index in [1.165, 1.54) is 29.2 Å². The molecular weight excluding hydrogens is 336 g/mol. The van der Waals surface area contributed by atoms with E-state index in [1.807, 2.05) is 31.2 Å². The molecule has 2 heterocycles. The molecule has 0 aliphatic carbocycles. The maximum absolute atomic E-state index is 12.2. The lowest BCUT2D eigenvalue weighted by atomic mass is 10.1. The zero-order valence-corrected chi connectivity index (χ0v) is 14.2. The first-order valence-corrected chi connectivity index (χ1v) is 8.16. The van der Waals surface area contributed by atoms with Crippen LogP contribution in [0.2, 0.25) is 0 Å². The number of aromatic nitrogens is 3. The van der Waals surface area contributed by atoms with Gasteiger partial charge in [-0.2, -0.15) is 0 Å². The number of ether oxygens (including phenoxy) is 1. The number of nitrogens with one attached hydrogen (secondary N) is 1. The van der Waals surface area contributed by atoms with Gasteiger partial charge in [0.2, 0.25) is 5.76 Å². The third-order valence-corrected chi connectivity index (χ3v) is 3.64. The Balaban J connectivity index is 1.62. The van der Waals surface area contributed by atoms with Gasteiger partial charge in [-0.05, 0) is 31.2 Å². The average Bonchev–Trinajstić information content (AvgIpc) is 3.19. The Hall–Kier alpha value is -3.42. The Labute approximate surface area is 149 Å². The van der Waals surface area contributed by atoms with Gasteiger partial charge in [-0.1, -0.05) is 5.16 Å². The van der Waals surface area contributed by atoms with Crippen LogP contribution in [0.4, 0.5) is 0 Å². The van der Waals surface area contributed by atoms with Crippen LogP contribution in [0, 0.1) is 0 Å². The highest BCUT2D eigenvalue weighted by atomic mass is 16.5. The summed E-state index contributed by atoms with van der Waals surface area (Å²) in [4.78, 5) is 28.3. The first kappa shape index (κ1) is 17.4. The molecule has 0 saturated heterocycles. The van der Waals surface area contributed by atoms with E-state index in [-0.39, 0.29) is 23.8 Å². The van der Waals surface area contributed by atoms with Crippen LogP contribution >= 0.6 is 0 Å². The summed E-state index contributed by atoms with van der Waals surface area (Å²) in [5.74, 6) is 0.517. The third kappa shape index (κ3) is 4.15. The molecule has 0 atom stereocenters. The molecule has 1 amide bonds. The van der Waals surface area contributed by atoms with Gasteiger partial charge in [0.25, 0.3) is 11.5 Å². The van der Waals surface area contributed by atoms with E-state index in [0.29, 0.717) is 18.8 Å². The number of amides is 1. The summed E-state index contributed by atoms with van der Waals surface area (Å²) in [7, 11) is 0. The molecule has 0 aliphatic rings. The van der Waals surface area contributed by atoms with E-state index in [4.69, 9.17) is 9.26 Å². The van der Waals surface area contributed by atoms with Gasteiger partial charge in [-0.25, -0.2) is 4.98 Å². The minimum absolute atomic E-state index is 0.126. The molecule has 3 aromatic rings. The second kappa shape index (κ2) is 8.11. The number of rotatable bonds is 7. The summed E-state index contributed by atoms with van der Waals surface area (Å²) < 4.78 is 11.6. The van der Waals surface area contributed by atoms with Crippen molar-refractivity contribution in [1.29, 1.82) is 0 Å². The van der Waals surface area contributed by atoms with Gasteiger partial charge in [-0.3, -0.25) is 14.2 Å². The summed E-state index contributed by atoms with van der Waals surface area (Å²) in [5, 5.41) is 6.12. The predicted molar refractivity (Wildman–Crippen MR) is 93.9 cm³/mol. The van der Waals surface area contributed by atoms with Crippen molar-refractivity contribution in [2.75, 3.05) is 13.2 Å². The van der Waals surface area contributed by atoms with Gasteiger partial charge in [0.1, 0.15) is 5.75 Å². The largest absolute Gasteiger partial charge is 0.494 e. The highest BCUT2D eigenvalue weighted by Gasteiger charge is 2.09. The highest BCUT2D eigenvalue weighted by molar-refractivity contribution is 5.91. The quantitative estimate of drug-likeness (QED) is 0.694. The predicted octanol–water partition coefficient (Wildman–Crippen LogP) is 1.73. The fourth-order valence-electron chi connectivity index (χ4n) is 2.35. The van der Waals surface area contributed by atoms with Crippen LogP contribution < -0.4 is 15.6 Å². The number of carbonyl (C=O) groups is 1. The van der Waals surface area contributed by atoms with Crippen molar-refractivity contribution in [3.63, 3.8) is 0 Å². The van der Waals surface area contributed by atoms with Gasteiger partial charge in [0, 0.05) is 30.8 Å². The molecule has 0 bridgehead atoms. The Bertz CT molecular complexity index is 917. The average molecular weight is 354 g/mol. The number of carbonyl (C=O) groups excluding carboxylic acids is 1. The Morgan fingerprint density at radius 3 is 2.73 bits per heavy atom. The van der Waals surface area contributed by atoms with Gasteiger partial charge in [0.15, 0.2) is 0 Å².